The number of hydrogen-bond acceptors (Lipinski definition) is 2. The third-order valence-corrected chi connectivity index (χ3v) is 10.2. The van der Waals surface area contributed by atoms with Gasteiger partial charge in [0.15, 0.2) is 5.78 Å². The maximum absolute atomic E-state index is 13.6. The molecule has 3 saturated carbocycles. The van der Waals surface area contributed by atoms with E-state index in [4.69, 9.17) is 0 Å². The van der Waals surface area contributed by atoms with Crippen molar-refractivity contribution in [1.82, 2.24) is 5.32 Å². The van der Waals surface area contributed by atoms with E-state index in [1.54, 1.807) is 0 Å². The third kappa shape index (κ3) is 3.30. The van der Waals surface area contributed by atoms with Crippen molar-refractivity contribution in [3.63, 3.8) is 0 Å². The number of hydrogen-bond donors (Lipinski definition) is 1. The molecule has 32 heavy (non-hydrogen) atoms. The van der Waals surface area contributed by atoms with Crippen LogP contribution in [0.5, 0.6) is 0 Å². The quantitative estimate of drug-likeness (QED) is 0.618. The van der Waals surface area contributed by atoms with Crippen LogP contribution in [0.4, 0.5) is 0 Å². The van der Waals surface area contributed by atoms with Gasteiger partial charge in [-0.15, -0.1) is 0 Å². The fourth-order valence-corrected chi connectivity index (χ4v) is 8.31. The number of carbonyl (C=O) groups excluding carboxylic acids is 2. The minimum atomic E-state index is -0.364. The first-order chi connectivity index (χ1) is 15.1. The summed E-state index contributed by atoms with van der Waals surface area (Å²) in [5, 5.41) is 3.42. The molecule has 4 aliphatic carbocycles. The van der Waals surface area contributed by atoms with Gasteiger partial charge in [0.25, 0.3) is 0 Å². The molecule has 1 amide bonds. The van der Waals surface area contributed by atoms with Gasteiger partial charge >= 0.3 is 0 Å². The molecule has 4 aliphatic rings. The van der Waals surface area contributed by atoms with Crippen molar-refractivity contribution in [3.8, 4) is 0 Å². The van der Waals surface area contributed by atoms with Gasteiger partial charge in [-0.25, -0.2) is 0 Å². The molecule has 1 aromatic rings. The predicted molar refractivity (Wildman–Crippen MR) is 128 cm³/mol. The molecule has 3 fully saturated rings. The Hall–Kier alpha value is -1.90. The lowest BCUT2D eigenvalue weighted by atomic mass is 9.47. The van der Waals surface area contributed by atoms with E-state index in [0.717, 1.165) is 31.2 Å². The molecular formula is C29H39NO2. The number of rotatable bonds is 3. The van der Waals surface area contributed by atoms with Crippen LogP contribution in [-0.2, 0) is 15.1 Å². The summed E-state index contributed by atoms with van der Waals surface area (Å²) in [4.78, 5) is 25.7. The Balaban J connectivity index is 1.36. The molecule has 0 radical (unpaired) electrons. The van der Waals surface area contributed by atoms with Crippen molar-refractivity contribution < 1.29 is 9.59 Å². The molecule has 0 bridgehead atoms. The van der Waals surface area contributed by atoms with E-state index in [9.17, 15) is 9.59 Å². The summed E-state index contributed by atoms with van der Waals surface area (Å²) in [6.45, 7) is 9.09. The Kier molecular flexibility index (Phi) is 5.18. The zero-order valence-electron chi connectivity index (χ0n) is 20.2. The number of nitrogens with one attached hydrogen (secondary N) is 1. The van der Waals surface area contributed by atoms with Crippen molar-refractivity contribution in [2.24, 2.45) is 34.5 Å². The van der Waals surface area contributed by atoms with E-state index in [1.165, 1.54) is 24.8 Å². The van der Waals surface area contributed by atoms with Gasteiger partial charge in [-0.05, 0) is 99.0 Å². The van der Waals surface area contributed by atoms with Crippen molar-refractivity contribution >= 4 is 11.7 Å². The normalized spacial score (nSPS) is 38.9. The van der Waals surface area contributed by atoms with Crippen molar-refractivity contribution in [1.29, 1.82) is 0 Å². The van der Waals surface area contributed by atoms with Crippen LogP contribution in [0.2, 0.25) is 0 Å². The van der Waals surface area contributed by atoms with Gasteiger partial charge in [-0.3, -0.25) is 9.59 Å². The van der Waals surface area contributed by atoms with E-state index >= 15 is 0 Å². The van der Waals surface area contributed by atoms with Gasteiger partial charge in [0, 0.05) is 12.3 Å². The first-order valence-corrected chi connectivity index (χ1v) is 12.8. The van der Waals surface area contributed by atoms with E-state index < -0.39 is 0 Å². The number of carbonyl (C=O) groups is 2. The number of allylic oxidation sites excluding steroid dienone is 1. The predicted octanol–water partition coefficient (Wildman–Crippen LogP) is 6.19. The monoisotopic (exact) mass is 433 g/mol. The van der Waals surface area contributed by atoms with E-state index in [2.05, 4.69) is 45.1 Å². The maximum Gasteiger partial charge on any atom is 0.224 e. The maximum atomic E-state index is 13.6. The Morgan fingerprint density at radius 3 is 2.47 bits per heavy atom. The lowest BCUT2D eigenvalue weighted by Crippen LogP contribution is -2.53. The molecule has 0 unspecified atom stereocenters. The third-order valence-electron chi connectivity index (χ3n) is 10.2. The second kappa shape index (κ2) is 7.57. The Morgan fingerprint density at radius 1 is 0.969 bits per heavy atom. The zero-order chi connectivity index (χ0) is 22.7. The highest BCUT2D eigenvalue weighted by molar-refractivity contribution is 5.91. The van der Waals surface area contributed by atoms with Crippen molar-refractivity contribution in [2.75, 3.05) is 0 Å². The van der Waals surface area contributed by atoms with Crippen LogP contribution in [0.25, 0.3) is 0 Å². The average molecular weight is 434 g/mol. The molecule has 5 rings (SSSR count). The minimum absolute atomic E-state index is 0.0973. The van der Waals surface area contributed by atoms with Crippen LogP contribution in [0.1, 0.15) is 84.6 Å². The number of amides is 1. The van der Waals surface area contributed by atoms with Gasteiger partial charge < -0.3 is 5.32 Å². The molecule has 1 N–H and O–H groups in total. The number of benzene rings is 1. The summed E-state index contributed by atoms with van der Waals surface area (Å²) >= 11 is 0. The Morgan fingerprint density at radius 2 is 1.72 bits per heavy atom. The van der Waals surface area contributed by atoms with E-state index in [-0.39, 0.29) is 28.2 Å². The Bertz CT molecular complexity index is 947. The summed E-state index contributed by atoms with van der Waals surface area (Å²) < 4.78 is 0. The molecule has 0 aliphatic heterocycles. The van der Waals surface area contributed by atoms with Crippen LogP contribution in [0.3, 0.4) is 0 Å². The highest BCUT2D eigenvalue weighted by Crippen LogP contribution is 2.66. The van der Waals surface area contributed by atoms with Gasteiger partial charge in [0.05, 0.1) is 5.54 Å². The molecule has 0 saturated heterocycles. The minimum Gasteiger partial charge on any atom is -0.347 e. The van der Waals surface area contributed by atoms with Gasteiger partial charge in [-0.2, -0.15) is 0 Å². The van der Waals surface area contributed by atoms with E-state index in [0.29, 0.717) is 30.0 Å². The van der Waals surface area contributed by atoms with Crippen LogP contribution >= 0.6 is 0 Å². The summed E-state index contributed by atoms with van der Waals surface area (Å²) in [7, 11) is 0. The van der Waals surface area contributed by atoms with Gasteiger partial charge in [0.1, 0.15) is 0 Å². The average Bonchev–Trinajstić information content (AvgIpc) is 3.12. The number of ketones is 1. The van der Waals surface area contributed by atoms with Gasteiger partial charge in [-0.1, -0.05) is 49.8 Å². The standard InChI is InChI=1S/C29H39NO2/c1-27(2,19-8-6-5-7-9-19)30-26(32)25-13-12-23-22-11-10-20-18-21(31)14-16-28(20,3)24(22)15-17-29(23,25)4/h5-9,18,22-25H,10-17H2,1-4H3,(H,30,32)/t22-,23-,24-,25+,28-,29-/m0/s1. The lowest BCUT2D eigenvalue weighted by molar-refractivity contribution is -0.134. The first-order valence-electron chi connectivity index (χ1n) is 12.8. The highest BCUT2D eigenvalue weighted by Gasteiger charge is 2.60. The van der Waals surface area contributed by atoms with Crippen molar-refractivity contribution in [3.05, 3.63) is 47.5 Å². The molecule has 3 heteroatoms. The molecule has 6 atom stereocenters. The van der Waals surface area contributed by atoms with Crippen LogP contribution in [0.15, 0.2) is 42.0 Å². The molecular weight excluding hydrogens is 394 g/mol. The molecule has 0 heterocycles. The fourth-order valence-electron chi connectivity index (χ4n) is 8.31. The molecule has 0 spiro atoms. The van der Waals surface area contributed by atoms with Crippen molar-refractivity contribution in [2.45, 2.75) is 84.6 Å². The number of fused-ring (bicyclic) bond motifs is 5. The summed E-state index contributed by atoms with van der Waals surface area (Å²) in [6, 6.07) is 10.3. The largest absolute Gasteiger partial charge is 0.347 e. The Labute approximate surface area is 193 Å². The van der Waals surface area contributed by atoms with Gasteiger partial charge in [0.2, 0.25) is 5.91 Å². The zero-order valence-corrected chi connectivity index (χ0v) is 20.2. The topological polar surface area (TPSA) is 46.2 Å². The molecule has 0 aromatic heterocycles. The molecule has 3 nitrogen and oxygen atoms in total. The van der Waals surface area contributed by atoms with Crippen LogP contribution < -0.4 is 5.32 Å². The van der Waals surface area contributed by atoms with E-state index in [1.807, 2.05) is 24.3 Å². The highest BCUT2D eigenvalue weighted by atomic mass is 16.2. The van der Waals surface area contributed by atoms with Crippen LogP contribution in [0, 0.1) is 34.5 Å². The smallest absolute Gasteiger partial charge is 0.224 e. The summed E-state index contributed by atoms with van der Waals surface area (Å²) in [5.74, 6) is 2.69. The first kappa shape index (κ1) is 21.9. The summed E-state index contributed by atoms with van der Waals surface area (Å²) in [6.07, 6.45) is 10.5. The summed E-state index contributed by atoms with van der Waals surface area (Å²) in [5.41, 5.74) is 2.52. The fraction of sp³-hybridized carbons (Fsp3) is 0.655. The SMILES string of the molecule is CC(C)(NC(=O)[C@H]1CC[C@H]2[C@@H]3CCC4=CC(=O)CC[C@]4(C)[C@H]3CC[C@]12C)c1ccccc1. The lowest BCUT2D eigenvalue weighted by Gasteiger charge is -2.58. The second-order valence-corrected chi connectivity index (χ2v) is 12.1. The molecule has 1 aromatic carbocycles. The van der Waals surface area contributed by atoms with Crippen LogP contribution in [-0.4, -0.2) is 11.7 Å². The second-order valence-electron chi connectivity index (χ2n) is 12.1. The molecule has 172 valence electrons.